The second-order valence-corrected chi connectivity index (χ2v) is 6.61. The van der Waals surface area contributed by atoms with E-state index in [0.717, 1.165) is 39.8 Å². The highest BCUT2D eigenvalue weighted by Crippen LogP contribution is 2.26. The molecule has 2 aromatic heterocycles. The van der Waals surface area contributed by atoms with Crippen LogP contribution in [0.15, 0.2) is 67.3 Å². The molecular weight excluding hydrogens is 348 g/mol. The van der Waals surface area contributed by atoms with E-state index in [0.29, 0.717) is 0 Å². The molecule has 0 aliphatic heterocycles. The summed E-state index contributed by atoms with van der Waals surface area (Å²) in [7, 11) is 3.71. The van der Waals surface area contributed by atoms with Gasteiger partial charge in [-0.25, -0.2) is 9.97 Å². The number of methoxy groups -OCH3 is 1. The van der Waals surface area contributed by atoms with Crippen LogP contribution in [0.1, 0.15) is 17.1 Å². The van der Waals surface area contributed by atoms with Crippen LogP contribution < -0.4 is 4.74 Å². The van der Waals surface area contributed by atoms with Crippen LogP contribution in [0.4, 0.5) is 0 Å². The standard InChI is InChI=1S/C23H22N4O/c1-17-15-27(16-25-17)20-11-9-18(13-22(20)28-3)10-12-23-24-14-21(26(23)2)19-7-5-4-6-8-19/h4-16H,1-3H3/b12-10+. The van der Waals surface area contributed by atoms with E-state index in [-0.39, 0.29) is 0 Å². The van der Waals surface area contributed by atoms with Gasteiger partial charge in [0.25, 0.3) is 0 Å². The van der Waals surface area contributed by atoms with Gasteiger partial charge in [-0.1, -0.05) is 42.5 Å². The van der Waals surface area contributed by atoms with Gasteiger partial charge in [-0.3, -0.25) is 0 Å². The zero-order valence-corrected chi connectivity index (χ0v) is 16.2. The minimum Gasteiger partial charge on any atom is -0.495 e. The summed E-state index contributed by atoms with van der Waals surface area (Å²) in [5.41, 5.74) is 5.21. The first-order chi connectivity index (χ1) is 13.7. The Morgan fingerprint density at radius 3 is 2.54 bits per heavy atom. The maximum atomic E-state index is 5.58. The Bertz CT molecular complexity index is 1120. The van der Waals surface area contributed by atoms with Crippen LogP contribution in [0.5, 0.6) is 5.75 Å². The number of imidazole rings is 2. The van der Waals surface area contributed by atoms with Crippen molar-refractivity contribution in [3.63, 3.8) is 0 Å². The average molecular weight is 370 g/mol. The summed E-state index contributed by atoms with van der Waals surface area (Å²) in [6.07, 6.45) is 9.74. The van der Waals surface area contributed by atoms with Crippen molar-refractivity contribution in [3.05, 3.63) is 84.3 Å². The molecule has 0 saturated carbocycles. The van der Waals surface area contributed by atoms with Gasteiger partial charge in [0, 0.05) is 13.2 Å². The molecule has 0 unspecified atom stereocenters. The topological polar surface area (TPSA) is 44.9 Å². The van der Waals surface area contributed by atoms with Crippen LogP contribution in [-0.4, -0.2) is 26.2 Å². The van der Waals surface area contributed by atoms with Crippen LogP contribution in [0.2, 0.25) is 0 Å². The summed E-state index contributed by atoms with van der Waals surface area (Å²) in [4.78, 5) is 8.84. The Kier molecular flexibility index (Phi) is 4.81. The van der Waals surface area contributed by atoms with Gasteiger partial charge in [-0.2, -0.15) is 0 Å². The summed E-state index contributed by atoms with van der Waals surface area (Å²) >= 11 is 0. The Morgan fingerprint density at radius 1 is 1.00 bits per heavy atom. The van der Waals surface area contributed by atoms with Crippen molar-refractivity contribution in [1.82, 2.24) is 19.1 Å². The second-order valence-electron chi connectivity index (χ2n) is 6.61. The smallest absolute Gasteiger partial charge is 0.143 e. The summed E-state index contributed by atoms with van der Waals surface area (Å²) in [6, 6.07) is 16.4. The van der Waals surface area contributed by atoms with E-state index in [4.69, 9.17) is 4.74 Å². The van der Waals surface area contributed by atoms with E-state index in [1.165, 1.54) is 0 Å². The molecule has 4 rings (SSSR count). The third-order valence-corrected chi connectivity index (χ3v) is 4.71. The first-order valence-electron chi connectivity index (χ1n) is 9.10. The number of aryl methyl sites for hydroxylation is 1. The molecule has 140 valence electrons. The Morgan fingerprint density at radius 2 is 1.82 bits per heavy atom. The van der Waals surface area contributed by atoms with E-state index in [1.807, 2.05) is 73.4 Å². The first kappa shape index (κ1) is 17.8. The molecule has 0 fully saturated rings. The lowest BCUT2D eigenvalue weighted by Gasteiger charge is -2.10. The van der Waals surface area contributed by atoms with E-state index < -0.39 is 0 Å². The van der Waals surface area contributed by atoms with Crippen molar-refractivity contribution >= 4 is 12.2 Å². The van der Waals surface area contributed by atoms with Crippen molar-refractivity contribution in [1.29, 1.82) is 0 Å². The largest absolute Gasteiger partial charge is 0.495 e. The fourth-order valence-corrected chi connectivity index (χ4v) is 3.19. The van der Waals surface area contributed by atoms with Gasteiger partial charge in [0.05, 0.1) is 36.7 Å². The summed E-state index contributed by atoms with van der Waals surface area (Å²) in [5, 5.41) is 0. The average Bonchev–Trinajstić information content (AvgIpc) is 3.32. The van der Waals surface area contributed by atoms with Crippen molar-refractivity contribution in [2.45, 2.75) is 6.92 Å². The van der Waals surface area contributed by atoms with Crippen LogP contribution in [0.25, 0.3) is 29.1 Å². The molecular formula is C23H22N4O. The predicted molar refractivity (Wildman–Crippen MR) is 112 cm³/mol. The molecule has 2 aromatic carbocycles. The van der Waals surface area contributed by atoms with Gasteiger partial charge in [-0.15, -0.1) is 0 Å². The molecule has 0 saturated heterocycles. The van der Waals surface area contributed by atoms with E-state index in [1.54, 1.807) is 13.4 Å². The first-order valence-corrected chi connectivity index (χ1v) is 9.10. The van der Waals surface area contributed by atoms with Gasteiger partial charge in [0.15, 0.2) is 0 Å². The maximum Gasteiger partial charge on any atom is 0.143 e. The third-order valence-electron chi connectivity index (χ3n) is 4.71. The van der Waals surface area contributed by atoms with E-state index >= 15 is 0 Å². The highest BCUT2D eigenvalue weighted by molar-refractivity contribution is 5.71. The number of nitrogens with zero attached hydrogens (tertiary/aromatic N) is 4. The zero-order valence-electron chi connectivity index (χ0n) is 16.2. The van der Waals surface area contributed by atoms with Crippen molar-refractivity contribution in [2.24, 2.45) is 7.05 Å². The molecule has 0 N–H and O–H groups in total. The lowest BCUT2D eigenvalue weighted by Crippen LogP contribution is -1.96. The minimum absolute atomic E-state index is 0.796. The molecule has 0 radical (unpaired) electrons. The van der Waals surface area contributed by atoms with Crippen LogP contribution >= 0.6 is 0 Å². The Hall–Kier alpha value is -3.60. The number of hydrogen-bond donors (Lipinski definition) is 0. The Labute approximate surface area is 164 Å². The molecule has 0 spiro atoms. The van der Waals surface area contributed by atoms with E-state index in [2.05, 4.69) is 32.7 Å². The van der Waals surface area contributed by atoms with Gasteiger partial charge in [0.2, 0.25) is 0 Å². The SMILES string of the molecule is COc1cc(/C=C/c2ncc(-c3ccccc3)n2C)ccc1-n1cnc(C)c1. The second kappa shape index (κ2) is 7.56. The molecule has 28 heavy (non-hydrogen) atoms. The Balaban J connectivity index is 1.61. The third kappa shape index (κ3) is 3.47. The van der Waals surface area contributed by atoms with Gasteiger partial charge >= 0.3 is 0 Å². The van der Waals surface area contributed by atoms with Gasteiger partial charge in [-0.05, 0) is 36.3 Å². The maximum absolute atomic E-state index is 5.58. The normalized spacial score (nSPS) is 11.2. The van der Waals surface area contributed by atoms with E-state index in [9.17, 15) is 0 Å². The molecule has 0 atom stereocenters. The highest BCUT2D eigenvalue weighted by atomic mass is 16.5. The minimum atomic E-state index is 0.796. The van der Waals surface area contributed by atoms with Crippen molar-refractivity contribution < 1.29 is 4.74 Å². The predicted octanol–water partition coefficient (Wildman–Crippen LogP) is 4.76. The monoisotopic (exact) mass is 370 g/mol. The zero-order chi connectivity index (χ0) is 19.5. The van der Waals surface area contributed by atoms with Gasteiger partial charge < -0.3 is 13.9 Å². The van der Waals surface area contributed by atoms with Crippen LogP contribution in [0, 0.1) is 6.92 Å². The van der Waals surface area contributed by atoms with Crippen LogP contribution in [-0.2, 0) is 7.05 Å². The molecule has 5 nitrogen and oxygen atoms in total. The quantitative estimate of drug-likeness (QED) is 0.509. The fraction of sp³-hybridized carbons (Fsp3) is 0.130. The lowest BCUT2D eigenvalue weighted by atomic mass is 10.1. The summed E-state index contributed by atoms with van der Waals surface area (Å²) in [6.45, 7) is 1.97. The molecule has 4 aromatic rings. The summed E-state index contributed by atoms with van der Waals surface area (Å²) in [5.74, 6) is 1.69. The van der Waals surface area contributed by atoms with Crippen LogP contribution in [0.3, 0.4) is 0 Å². The molecule has 0 aliphatic rings. The van der Waals surface area contributed by atoms with Gasteiger partial charge in [0.1, 0.15) is 11.6 Å². The van der Waals surface area contributed by atoms with Crippen molar-refractivity contribution in [2.75, 3.05) is 7.11 Å². The van der Waals surface area contributed by atoms with Crippen molar-refractivity contribution in [3.8, 4) is 22.7 Å². The molecule has 2 heterocycles. The summed E-state index contributed by atoms with van der Waals surface area (Å²) < 4.78 is 9.64. The highest BCUT2D eigenvalue weighted by Gasteiger charge is 2.08. The number of benzene rings is 2. The fourth-order valence-electron chi connectivity index (χ4n) is 3.19. The molecule has 5 heteroatoms. The number of hydrogen-bond acceptors (Lipinski definition) is 3. The lowest BCUT2D eigenvalue weighted by molar-refractivity contribution is 0.413. The molecule has 0 aliphatic carbocycles. The number of ether oxygens (including phenoxy) is 1. The number of rotatable bonds is 5. The molecule has 0 bridgehead atoms. The molecule has 0 amide bonds. The number of aromatic nitrogens is 4.